The molecule has 0 spiro atoms. The second-order valence-corrected chi connectivity index (χ2v) is 3.53. The lowest BCUT2D eigenvalue weighted by Crippen LogP contribution is -2.71. The van der Waals surface area contributed by atoms with E-state index < -0.39 is 0 Å². The minimum atomic E-state index is 1.19. The minimum Gasteiger partial charge on any atom is -0.264 e. The van der Waals surface area contributed by atoms with Crippen molar-refractivity contribution in [3.63, 3.8) is 0 Å². The molecule has 0 aromatic heterocycles. The monoisotopic (exact) mass is 336 g/mol. The lowest BCUT2D eigenvalue weighted by atomic mass is 10.4. The van der Waals surface area contributed by atoms with Crippen molar-refractivity contribution in [2.75, 3.05) is 40.0 Å². The Kier molecular flexibility index (Phi) is 45.9. The van der Waals surface area contributed by atoms with Crippen molar-refractivity contribution in [1.29, 1.82) is 0 Å². The van der Waals surface area contributed by atoms with Crippen LogP contribution in [0.4, 0.5) is 0 Å². The fraction of sp³-hybridized carbons (Fsp3) is 0.300. The van der Waals surface area contributed by atoms with Crippen LogP contribution in [0.5, 0.6) is 0 Å². The predicted molar refractivity (Wildman–Crippen MR) is 115 cm³/mol. The zero-order valence-corrected chi connectivity index (χ0v) is 15.9. The molecule has 0 aromatic carbocycles. The molecule has 4 heteroatoms. The van der Waals surface area contributed by atoms with Crippen LogP contribution in [0.3, 0.4) is 0 Å². The topological polar surface area (TPSA) is 13.0 Å². The minimum absolute atomic E-state index is 1.19. The van der Waals surface area contributed by atoms with Crippen LogP contribution in [0.1, 0.15) is 0 Å². The highest BCUT2D eigenvalue weighted by atomic mass is 15.7. The van der Waals surface area contributed by atoms with Crippen molar-refractivity contribution < 1.29 is 0 Å². The van der Waals surface area contributed by atoms with E-state index in [1.54, 1.807) is 0 Å². The third kappa shape index (κ3) is 14.9. The zero-order valence-electron chi connectivity index (χ0n) is 15.9. The molecule has 0 radical (unpaired) electrons. The van der Waals surface area contributed by atoms with Crippen molar-refractivity contribution >= 4 is 0 Å². The fourth-order valence-corrected chi connectivity index (χ4v) is 2.23. The Balaban J connectivity index is -0.0000000744. The Bertz CT molecular complexity index is 170. The first-order valence-electron chi connectivity index (χ1n) is 7.29. The van der Waals surface area contributed by atoms with E-state index in [-0.39, 0.29) is 0 Å². The summed E-state index contributed by atoms with van der Waals surface area (Å²) in [6.45, 7) is 49.1. The summed E-state index contributed by atoms with van der Waals surface area (Å²) >= 11 is 0. The summed E-state index contributed by atoms with van der Waals surface area (Å²) in [5.74, 6) is 0. The Morgan fingerprint density at radius 3 is 0.417 bits per heavy atom. The lowest BCUT2D eigenvalue weighted by molar-refractivity contribution is -0.194. The Morgan fingerprint density at radius 1 is 0.250 bits per heavy atom. The molecule has 4 heterocycles. The first-order chi connectivity index (χ1) is 11.9. The molecule has 0 amide bonds. The second-order valence-electron chi connectivity index (χ2n) is 3.53. The average molecular weight is 337 g/mol. The number of hydrogen-bond donors (Lipinski definition) is 0. The summed E-state index contributed by atoms with van der Waals surface area (Å²) in [4.78, 5) is 9.88. The molecule has 4 rings (SSSR count). The lowest BCUT2D eigenvalue weighted by Gasteiger charge is -2.56. The van der Waals surface area contributed by atoms with Crippen molar-refractivity contribution in [3.05, 3.63) is 92.1 Å². The van der Waals surface area contributed by atoms with Crippen molar-refractivity contribution in [2.24, 2.45) is 0 Å². The van der Waals surface area contributed by atoms with Crippen LogP contribution in [-0.4, -0.2) is 59.6 Å². The molecule has 24 heavy (non-hydrogen) atoms. The first-order valence-corrected chi connectivity index (χ1v) is 7.29. The molecular weight excluding hydrogens is 296 g/mol. The van der Waals surface area contributed by atoms with Gasteiger partial charge in [0.15, 0.2) is 0 Å². The summed E-state index contributed by atoms with van der Waals surface area (Å²) in [7, 11) is 0. The van der Waals surface area contributed by atoms with Crippen LogP contribution in [-0.2, 0) is 0 Å². The van der Waals surface area contributed by atoms with E-state index in [4.69, 9.17) is 0 Å². The third-order valence-corrected chi connectivity index (χ3v) is 2.40. The van der Waals surface area contributed by atoms with Gasteiger partial charge in [0.1, 0.15) is 0 Å². The molecular formula is C20H40N4. The van der Waals surface area contributed by atoms with Gasteiger partial charge in [-0.2, -0.15) is 0 Å². The van der Waals surface area contributed by atoms with Gasteiger partial charge in [0.2, 0.25) is 0 Å². The Hall–Kier alpha value is -1.98. The highest BCUT2D eigenvalue weighted by Gasteiger charge is 2.36. The number of hydrogen-bond acceptors (Lipinski definition) is 4. The molecule has 4 aliphatic heterocycles. The zero-order chi connectivity index (χ0) is 20.6. The first kappa shape index (κ1) is 33.6. The van der Waals surface area contributed by atoms with Crippen LogP contribution >= 0.6 is 0 Å². The quantitative estimate of drug-likeness (QED) is 0.600. The van der Waals surface area contributed by atoms with Gasteiger partial charge < -0.3 is 0 Å². The molecule has 4 bridgehead atoms. The maximum Gasteiger partial charge on any atom is 0.0555 e. The number of nitrogens with zero attached hydrogens (tertiary/aromatic N) is 4. The molecule has 0 saturated carbocycles. The van der Waals surface area contributed by atoms with Crippen LogP contribution in [0.15, 0.2) is 92.1 Å². The van der Waals surface area contributed by atoms with Crippen molar-refractivity contribution in [2.45, 2.75) is 0 Å². The highest BCUT2D eigenvalue weighted by molar-refractivity contribution is 4.79. The van der Waals surface area contributed by atoms with Gasteiger partial charge in [0.05, 0.1) is 40.0 Å². The van der Waals surface area contributed by atoms with Gasteiger partial charge in [-0.1, -0.05) is 0 Å². The van der Waals surface area contributed by atoms with E-state index in [2.05, 4.69) is 112 Å². The highest BCUT2D eigenvalue weighted by Crippen LogP contribution is 2.20. The van der Waals surface area contributed by atoms with Gasteiger partial charge in [0, 0.05) is 0 Å². The van der Waals surface area contributed by atoms with Gasteiger partial charge in [-0.3, -0.25) is 19.6 Å². The largest absolute Gasteiger partial charge is 0.264 e. The molecule has 0 aliphatic carbocycles. The van der Waals surface area contributed by atoms with Gasteiger partial charge in [0.25, 0.3) is 0 Å². The molecule has 0 aromatic rings. The van der Waals surface area contributed by atoms with E-state index in [0.717, 1.165) is 0 Å². The van der Waals surface area contributed by atoms with Gasteiger partial charge in [-0.15, -0.1) is 92.1 Å². The van der Waals surface area contributed by atoms with Crippen LogP contribution in [0.25, 0.3) is 0 Å². The van der Waals surface area contributed by atoms with E-state index in [1.807, 2.05) is 0 Å². The number of rotatable bonds is 0. The predicted octanol–water partition coefficient (Wildman–Crippen LogP) is 4.60. The molecule has 0 N–H and O–H groups in total. The maximum atomic E-state index is 3.00. The Labute approximate surface area is 152 Å². The van der Waals surface area contributed by atoms with Crippen molar-refractivity contribution in [1.82, 2.24) is 19.6 Å². The summed E-state index contributed by atoms with van der Waals surface area (Å²) in [5, 5.41) is 0. The third-order valence-electron chi connectivity index (χ3n) is 2.40. The molecule has 4 nitrogen and oxygen atoms in total. The molecule has 4 saturated heterocycles. The summed E-state index contributed by atoms with van der Waals surface area (Å²) < 4.78 is 0. The Morgan fingerprint density at radius 2 is 0.333 bits per heavy atom. The summed E-state index contributed by atoms with van der Waals surface area (Å²) in [5.41, 5.74) is 0. The van der Waals surface area contributed by atoms with E-state index in [1.165, 1.54) is 40.0 Å². The molecule has 0 unspecified atom stereocenters. The van der Waals surface area contributed by atoms with Crippen LogP contribution in [0, 0.1) is 0 Å². The SMILES string of the molecule is C1N2CN3CN1CN(C2)C3.C=C.C=C.C=C.C=C.C=C.C=C.C=C. The fourth-order valence-electron chi connectivity index (χ4n) is 2.23. The standard InChI is InChI=1S/C6H12N4.7C2H4/c1-7-2-9-4-8(1)5-10(3-7)6-9;7*1-2/h1-6H2;7*1-2H2. The molecule has 4 aliphatic rings. The van der Waals surface area contributed by atoms with Crippen LogP contribution in [0.2, 0.25) is 0 Å². The average Bonchev–Trinajstić information content (AvgIpc) is 2.72. The van der Waals surface area contributed by atoms with Crippen LogP contribution < -0.4 is 0 Å². The van der Waals surface area contributed by atoms with Crippen molar-refractivity contribution in [3.8, 4) is 0 Å². The van der Waals surface area contributed by atoms with Gasteiger partial charge >= 0.3 is 0 Å². The molecule has 140 valence electrons. The van der Waals surface area contributed by atoms with Gasteiger partial charge in [-0.05, 0) is 0 Å². The second kappa shape index (κ2) is 32.8. The van der Waals surface area contributed by atoms with E-state index in [9.17, 15) is 0 Å². The summed E-state index contributed by atoms with van der Waals surface area (Å²) in [6.07, 6.45) is 0. The normalized spacial score (nSPS) is 25.2. The van der Waals surface area contributed by atoms with E-state index in [0.29, 0.717) is 0 Å². The molecule has 0 atom stereocenters. The summed E-state index contributed by atoms with van der Waals surface area (Å²) in [6, 6.07) is 0. The van der Waals surface area contributed by atoms with E-state index >= 15 is 0 Å². The maximum absolute atomic E-state index is 3.00. The van der Waals surface area contributed by atoms with Gasteiger partial charge in [-0.25, -0.2) is 0 Å². The molecule has 4 fully saturated rings. The smallest absolute Gasteiger partial charge is 0.0555 e.